The topological polar surface area (TPSA) is 72.2 Å². The van der Waals surface area contributed by atoms with Gasteiger partial charge in [0, 0.05) is 0 Å². The fraction of sp³-hybridized carbons (Fsp3) is 0.125. The van der Waals surface area contributed by atoms with Gasteiger partial charge in [0.25, 0.3) is 0 Å². The number of fused-ring (bicyclic) bond motifs is 1. The van der Waals surface area contributed by atoms with Crippen molar-refractivity contribution in [1.29, 1.82) is 0 Å². The molecule has 0 amide bonds. The van der Waals surface area contributed by atoms with Crippen LogP contribution >= 0.6 is 0 Å². The van der Waals surface area contributed by atoms with E-state index < -0.39 is 10.0 Å². The number of oxazole rings is 1. The molecule has 0 saturated carbocycles. The van der Waals surface area contributed by atoms with Gasteiger partial charge in [0.2, 0.25) is 10.0 Å². The molecule has 0 bridgehead atoms. The second-order valence-corrected chi connectivity index (χ2v) is 4.58. The van der Waals surface area contributed by atoms with Crippen LogP contribution in [0.3, 0.4) is 0 Å². The van der Waals surface area contributed by atoms with Crippen molar-refractivity contribution < 1.29 is 12.8 Å². The number of hydrogen-bond donors (Lipinski definition) is 1. The molecule has 0 saturated heterocycles. The minimum absolute atomic E-state index is 0.182. The summed E-state index contributed by atoms with van der Waals surface area (Å²) in [6.07, 6.45) is 1.28. The molecule has 2 aromatic rings. The summed E-state index contributed by atoms with van der Waals surface area (Å²) < 4.78 is 30.0. The maximum Gasteiger partial charge on any atom is 0.240 e. The summed E-state index contributed by atoms with van der Waals surface area (Å²) in [5, 5.41) is 0. The van der Waals surface area contributed by atoms with E-state index in [0.29, 0.717) is 11.1 Å². The summed E-state index contributed by atoms with van der Waals surface area (Å²) in [5.74, 6) is 0. The highest BCUT2D eigenvalue weighted by Gasteiger charge is 2.12. The molecule has 0 radical (unpaired) electrons. The van der Waals surface area contributed by atoms with E-state index in [1.54, 1.807) is 6.07 Å². The summed E-state index contributed by atoms with van der Waals surface area (Å²) in [6.45, 7) is 0. The third-order valence-electron chi connectivity index (χ3n) is 1.88. The lowest BCUT2D eigenvalue weighted by molar-refractivity contribution is 0.588. The normalized spacial score (nSPS) is 12.1. The Bertz CT molecular complexity index is 559. The average Bonchev–Trinajstić information content (AvgIpc) is 2.64. The Balaban J connectivity index is 2.65. The first kappa shape index (κ1) is 9.17. The predicted octanol–water partition coefficient (Wildman–Crippen LogP) is 0.736. The van der Waals surface area contributed by atoms with Crippen LogP contribution in [0.5, 0.6) is 0 Å². The number of rotatable bonds is 2. The quantitative estimate of drug-likeness (QED) is 0.796. The fourth-order valence-electron chi connectivity index (χ4n) is 1.12. The van der Waals surface area contributed by atoms with Crippen LogP contribution in [0.1, 0.15) is 0 Å². The maximum absolute atomic E-state index is 11.4. The molecule has 0 spiro atoms. The molecule has 1 aromatic heterocycles. The average molecular weight is 212 g/mol. The van der Waals surface area contributed by atoms with E-state index >= 15 is 0 Å². The van der Waals surface area contributed by atoms with Crippen molar-refractivity contribution in [1.82, 2.24) is 9.71 Å². The van der Waals surface area contributed by atoms with Crippen LogP contribution in [0.25, 0.3) is 11.1 Å². The molecule has 1 heterocycles. The van der Waals surface area contributed by atoms with Gasteiger partial charge in [0.05, 0.1) is 4.90 Å². The molecule has 0 atom stereocenters. The first-order valence-corrected chi connectivity index (χ1v) is 5.38. The van der Waals surface area contributed by atoms with Crippen molar-refractivity contribution in [3.05, 3.63) is 24.6 Å². The van der Waals surface area contributed by atoms with Gasteiger partial charge in [0.1, 0.15) is 5.52 Å². The van der Waals surface area contributed by atoms with Gasteiger partial charge in [-0.05, 0) is 25.2 Å². The zero-order chi connectivity index (χ0) is 10.2. The number of hydrogen-bond acceptors (Lipinski definition) is 4. The van der Waals surface area contributed by atoms with Gasteiger partial charge >= 0.3 is 0 Å². The lowest BCUT2D eigenvalue weighted by atomic mass is 10.3. The van der Waals surface area contributed by atoms with E-state index in [1.807, 2.05) is 0 Å². The molecule has 74 valence electrons. The largest absolute Gasteiger partial charge is 0.443 e. The summed E-state index contributed by atoms with van der Waals surface area (Å²) >= 11 is 0. The molecule has 0 fully saturated rings. The number of sulfonamides is 1. The van der Waals surface area contributed by atoms with Crippen molar-refractivity contribution in [3.8, 4) is 0 Å². The molecule has 14 heavy (non-hydrogen) atoms. The molecule has 1 N–H and O–H groups in total. The molecule has 0 aliphatic heterocycles. The van der Waals surface area contributed by atoms with Crippen molar-refractivity contribution in [2.45, 2.75) is 4.90 Å². The lowest BCUT2D eigenvalue weighted by Crippen LogP contribution is -2.18. The first-order chi connectivity index (χ1) is 6.63. The Morgan fingerprint density at radius 2 is 2.21 bits per heavy atom. The second-order valence-electron chi connectivity index (χ2n) is 2.69. The highest BCUT2D eigenvalue weighted by molar-refractivity contribution is 7.89. The van der Waals surface area contributed by atoms with E-state index in [9.17, 15) is 8.42 Å². The first-order valence-electron chi connectivity index (χ1n) is 3.90. The molecule has 2 rings (SSSR count). The third kappa shape index (κ3) is 1.38. The predicted molar refractivity (Wildman–Crippen MR) is 50.3 cm³/mol. The Morgan fingerprint density at radius 3 is 2.93 bits per heavy atom. The summed E-state index contributed by atoms with van der Waals surface area (Å²) in [4.78, 5) is 4.05. The van der Waals surface area contributed by atoms with Gasteiger partial charge < -0.3 is 4.42 Å². The fourth-order valence-corrected chi connectivity index (χ4v) is 1.87. The standard InChI is InChI=1S/C8H8N2O3S/c1-9-14(11,12)6-2-3-8-7(4-6)10-5-13-8/h2-5,9H,1H3. The highest BCUT2D eigenvalue weighted by atomic mass is 32.2. The van der Waals surface area contributed by atoms with Gasteiger partial charge in [-0.25, -0.2) is 18.1 Å². The van der Waals surface area contributed by atoms with Crippen LogP contribution < -0.4 is 4.72 Å². The molecule has 0 aliphatic rings. The number of nitrogens with one attached hydrogen (secondary N) is 1. The summed E-state index contributed by atoms with van der Waals surface area (Å²) in [7, 11) is -2.04. The number of aromatic nitrogens is 1. The Kier molecular flexibility index (Phi) is 2.01. The van der Waals surface area contributed by atoms with Gasteiger partial charge in [-0.3, -0.25) is 0 Å². The minimum Gasteiger partial charge on any atom is -0.443 e. The molecule has 6 heteroatoms. The van der Waals surface area contributed by atoms with Crippen LogP contribution in [-0.4, -0.2) is 20.4 Å². The van der Waals surface area contributed by atoms with E-state index in [0.717, 1.165) is 0 Å². The molecular formula is C8H8N2O3S. The van der Waals surface area contributed by atoms with Crippen molar-refractivity contribution in [2.75, 3.05) is 7.05 Å². The van der Waals surface area contributed by atoms with Crippen molar-refractivity contribution in [3.63, 3.8) is 0 Å². The smallest absolute Gasteiger partial charge is 0.240 e. The van der Waals surface area contributed by atoms with Crippen LogP contribution in [0.4, 0.5) is 0 Å². The van der Waals surface area contributed by atoms with E-state index in [2.05, 4.69) is 9.71 Å². The molecule has 1 aromatic carbocycles. The number of nitrogens with zero attached hydrogens (tertiary/aromatic N) is 1. The SMILES string of the molecule is CNS(=O)(=O)c1ccc2ocnc2c1. The molecule has 5 nitrogen and oxygen atoms in total. The van der Waals surface area contributed by atoms with E-state index in [1.165, 1.54) is 25.6 Å². The second kappa shape index (κ2) is 3.07. The Hall–Kier alpha value is -1.40. The summed E-state index contributed by atoms with van der Waals surface area (Å²) in [6, 6.07) is 4.51. The van der Waals surface area contributed by atoms with Crippen molar-refractivity contribution >= 4 is 21.1 Å². The Labute approximate surface area is 80.8 Å². The highest BCUT2D eigenvalue weighted by Crippen LogP contribution is 2.17. The van der Waals surface area contributed by atoms with Crippen LogP contribution in [0.15, 0.2) is 33.9 Å². The van der Waals surface area contributed by atoms with Gasteiger partial charge in [-0.15, -0.1) is 0 Å². The van der Waals surface area contributed by atoms with Crippen molar-refractivity contribution in [2.24, 2.45) is 0 Å². The minimum atomic E-state index is -3.40. The van der Waals surface area contributed by atoms with Gasteiger partial charge in [0.15, 0.2) is 12.0 Å². The monoisotopic (exact) mass is 212 g/mol. The summed E-state index contributed by atoms with van der Waals surface area (Å²) in [5.41, 5.74) is 1.10. The van der Waals surface area contributed by atoms with Crippen LogP contribution in [-0.2, 0) is 10.0 Å². The Morgan fingerprint density at radius 1 is 1.43 bits per heavy atom. The maximum atomic E-state index is 11.4. The van der Waals surface area contributed by atoms with E-state index in [4.69, 9.17) is 4.42 Å². The van der Waals surface area contributed by atoms with Crippen LogP contribution in [0.2, 0.25) is 0 Å². The molecular weight excluding hydrogens is 204 g/mol. The number of benzene rings is 1. The zero-order valence-corrected chi connectivity index (χ0v) is 8.21. The van der Waals surface area contributed by atoms with Crippen LogP contribution in [0, 0.1) is 0 Å². The molecule has 0 unspecified atom stereocenters. The van der Waals surface area contributed by atoms with Gasteiger partial charge in [-0.2, -0.15) is 0 Å². The van der Waals surface area contributed by atoms with Gasteiger partial charge in [-0.1, -0.05) is 0 Å². The lowest BCUT2D eigenvalue weighted by Gasteiger charge is -2.00. The molecule has 0 aliphatic carbocycles. The van der Waals surface area contributed by atoms with E-state index in [-0.39, 0.29) is 4.90 Å². The zero-order valence-electron chi connectivity index (χ0n) is 7.39. The third-order valence-corrected chi connectivity index (χ3v) is 3.29.